The van der Waals surface area contributed by atoms with Crippen molar-refractivity contribution in [3.05, 3.63) is 6.42 Å². The van der Waals surface area contributed by atoms with E-state index >= 15 is 0 Å². The Morgan fingerprint density at radius 2 is 1.38 bits per heavy atom. The first-order valence-electron chi connectivity index (χ1n) is 10.4. The Hall–Kier alpha value is 1.07. The largest absolute Gasteiger partial charge is 0.378 e. The summed E-state index contributed by atoms with van der Waals surface area (Å²) in [5.41, 5.74) is 0. The molecule has 0 aromatic rings. The van der Waals surface area contributed by atoms with Crippen molar-refractivity contribution < 1.29 is 9.53 Å². The Morgan fingerprint density at radius 1 is 0.885 bits per heavy atom. The molecule has 0 bridgehead atoms. The molecule has 1 fully saturated rings. The van der Waals surface area contributed by atoms with Crippen LogP contribution in [0.2, 0.25) is 0 Å². The smallest absolute Gasteiger partial charge is 0.205 e. The predicted molar refractivity (Wildman–Crippen MR) is 122 cm³/mol. The summed E-state index contributed by atoms with van der Waals surface area (Å²) in [7, 11) is 0. The highest BCUT2D eigenvalue weighted by molar-refractivity contribution is 9.39. The average molecular weight is 559 g/mol. The van der Waals surface area contributed by atoms with Gasteiger partial charge in [-0.25, -0.2) is 0 Å². The number of hydrogen-bond donors (Lipinski definition) is 0. The molecule has 0 spiro atoms. The van der Waals surface area contributed by atoms with Gasteiger partial charge in [0.25, 0.3) is 0 Å². The number of rotatable bonds is 15. The Balaban J connectivity index is 1.78. The maximum Gasteiger partial charge on any atom is 0.205 e. The molecule has 26 heavy (non-hydrogen) atoms. The van der Waals surface area contributed by atoms with Crippen molar-refractivity contribution in [2.45, 2.75) is 105 Å². The third kappa shape index (κ3) is 13.3. The van der Waals surface area contributed by atoms with E-state index < -0.39 is 2.14 Å². The summed E-state index contributed by atoms with van der Waals surface area (Å²) in [5, 5.41) is 0. The van der Waals surface area contributed by atoms with E-state index in [-0.39, 0.29) is 5.92 Å². The van der Waals surface area contributed by atoms with Crippen molar-refractivity contribution in [3.8, 4) is 0 Å². The van der Waals surface area contributed by atoms with E-state index in [0.717, 1.165) is 19.4 Å². The second kappa shape index (κ2) is 15.9. The second-order valence-corrected chi connectivity index (χ2v) is 14.4. The van der Waals surface area contributed by atoms with E-state index in [1.165, 1.54) is 83.5 Å². The van der Waals surface area contributed by atoms with E-state index in [9.17, 15) is 4.79 Å². The number of carbonyl (C=O) groups excluding carboxylic acids is 1. The molecule has 1 aliphatic carbocycles. The van der Waals surface area contributed by atoms with Crippen LogP contribution in [0.4, 0.5) is 0 Å². The highest BCUT2D eigenvalue weighted by Gasteiger charge is 2.30. The monoisotopic (exact) mass is 556 g/mol. The van der Waals surface area contributed by atoms with Crippen molar-refractivity contribution in [2.24, 2.45) is 5.92 Å². The molecule has 0 saturated heterocycles. The molecule has 1 rings (SSSR count). The van der Waals surface area contributed by atoms with Crippen molar-refractivity contribution in [1.82, 2.24) is 0 Å². The first-order valence-corrected chi connectivity index (χ1v) is 12.8. The third-order valence-electron chi connectivity index (χ3n) is 5.16. The first-order chi connectivity index (χ1) is 12.5. The van der Waals surface area contributed by atoms with Gasteiger partial charge in [-0.05, 0) is 44.9 Å². The minimum Gasteiger partial charge on any atom is -0.378 e. The molecule has 1 atom stereocenters. The van der Waals surface area contributed by atoms with Crippen LogP contribution in [0, 0.1) is 12.3 Å². The van der Waals surface area contributed by atoms with Gasteiger partial charge in [0.15, 0.2) is 0 Å². The maximum atomic E-state index is 10.9. The van der Waals surface area contributed by atoms with Crippen molar-refractivity contribution in [1.29, 1.82) is 0 Å². The summed E-state index contributed by atoms with van der Waals surface area (Å²) in [6.45, 7) is 0.961. The zero-order chi connectivity index (χ0) is 19.1. The maximum absolute atomic E-state index is 10.9. The van der Waals surface area contributed by atoms with E-state index in [1.807, 2.05) is 0 Å². The summed E-state index contributed by atoms with van der Waals surface area (Å²) in [4.78, 5) is 10.9. The fourth-order valence-electron chi connectivity index (χ4n) is 3.47. The number of ether oxygens (including phenoxy) is 1. The van der Waals surface area contributed by atoms with E-state index in [1.54, 1.807) is 0 Å². The molecule has 2 nitrogen and oxygen atoms in total. The van der Waals surface area contributed by atoms with Gasteiger partial charge in [-0.2, -0.15) is 0 Å². The molecule has 2 radical (unpaired) electrons. The molecular formula is C21H35Br3O2. The number of unbranched alkanes of at least 4 members (excludes halogenated alkanes) is 9. The van der Waals surface area contributed by atoms with E-state index in [4.69, 9.17) is 4.74 Å². The Morgan fingerprint density at radius 3 is 1.88 bits per heavy atom. The fourth-order valence-corrected chi connectivity index (χ4v) is 4.43. The SMILES string of the molecule is O=[C]C(CCCCCCCCCCCCOC1CC[CH]CC1)C(Br)(Br)Br. The van der Waals surface area contributed by atoms with Crippen LogP contribution in [0.1, 0.15) is 96.3 Å². The number of hydrogen-bond acceptors (Lipinski definition) is 2. The Kier molecular flexibility index (Phi) is 15.4. The van der Waals surface area contributed by atoms with Gasteiger partial charge in [0.1, 0.15) is 2.14 Å². The van der Waals surface area contributed by atoms with Gasteiger partial charge in [-0.3, -0.25) is 4.79 Å². The standard InChI is InChI=1S/C21H35Br3O2/c22-21(23,24)19(18-25)14-10-7-5-3-1-2-4-6-8-13-17-26-20-15-11-9-12-16-20/h9,19-20H,1-8,10-17H2. The van der Waals surface area contributed by atoms with Crippen molar-refractivity contribution in [3.63, 3.8) is 0 Å². The predicted octanol–water partition coefficient (Wildman–Crippen LogP) is 8.01. The minimum absolute atomic E-state index is 0.150. The molecule has 0 N–H and O–H groups in total. The summed E-state index contributed by atoms with van der Waals surface area (Å²) in [5.74, 6) is -0.150. The quantitative estimate of drug-likeness (QED) is 0.150. The van der Waals surface area contributed by atoms with E-state index in [0.29, 0.717) is 6.10 Å². The highest BCUT2D eigenvalue weighted by Crippen LogP contribution is 2.42. The lowest BCUT2D eigenvalue weighted by Crippen LogP contribution is -2.18. The van der Waals surface area contributed by atoms with Gasteiger partial charge in [0.2, 0.25) is 6.29 Å². The van der Waals surface area contributed by atoms with Gasteiger partial charge < -0.3 is 4.74 Å². The van der Waals surface area contributed by atoms with Gasteiger partial charge in [0.05, 0.1) is 12.0 Å². The van der Waals surface area contributed by atoms with Gasteiger partial charge >= 0.3 is 0 Å². The lowest BCUT2D eigenvalue weighted by Gasteiger charge is -2.21. The van der Waals surface area contributed by atoms with Crippen molar-refractivity contribution >= 4 is 54.1 Å². The summed E-state index contributed by atoms with van der Waals surface area (Å²) >= 11 is 10.3. The average Bonchev–Trinajstić information content (AvgIpc) is 2.62. The summed E-state index contributed by atoms with van der Waals surface area (Å²) < 4.78 is 5.47. The summed E-state index contributed by atoms with van der Waals surface area (Å²) in [6.07, 6.45) is 23.7. The van der Waals surface area contributed by atoms with Crippen molar-refractivity contribution in [2.75, 3.05) is 6.61 Å². The molecule has 1 saturated carbocycles. The Labute approximate surface area is 186 Å². The van der Waals surface area contributed by atoms with Crippen LogP contribution >= 0.6 is 47.8 Å². The van der Waals surface area contributed by atoms with Crippen LogP contribution in [0.25, 0.3) is 0 Å². The molecule has 1 aliphatic rings. The summed E-state index contributed by atoms with van der Waals surface area (Å²) in [6, 6.07) is 0. The molecular weight excluding hydrogens is 524 g/mol. The molecule has 5 heteroatoms. The lowest BCUT2D eigenvalue weighted by molar-refractivity contribution is 0.0326. The van der Waals surface area contributed by atoms with Gasteiger partial charge in [-0.1, -0.05) is 106 Å². The highest BCUT2D eigenvalue weighted by atomic mass is 80.0. The van der Waals surface area contributed by atoms with Crippen LogP contribution in [-0.2, 0) is 9.53 Å². The van der Waals surface area contributed by atoms with Crippen LogP contribution in [-0.4, -0.2) is 21.1 Å². The second-order valence-electron chi connectivity index (χ2n) is 7.47. The molecule has 1 unspecified atom stereocenters. The van der Waals surface area contributed by atoms with Crippen LogP contribution in [0.15, 0.2) is 0 Å². The number of alkyl halides is 3. The number of halogens is 3. The molecule has 152 valence electrons. The topological polar surface area (TPSA) is 26.3 Å². The van der Waals surface area contributed by atoms with Crippen LogP contribution in [0.3, 0.4) is 0 Å². The van der Waals surface area contributed by atoms with Gasteiger partial charge in [0, 0.05) is 6.61 Å². The molecule has 0 amide bonds. The zero-order valence-corrected chi connectivity index (χ0v) is 20.8. The first kappa shape index (κ1) is 25.1. The molecule has 0 aliphatic heterocycles. The van der Waals surface area contributed by atoms with E-state index in [2.05, 4.69) is 60.5 Å². The molecule has 0 aromatic heterocycles. The van der Waals surface area contributed by atoms with Crippen LogP contribution < -0.4 is 0 Å². The molecule has 0 aromatic carbocycles. The third-order valence-corrected chi connectivity index (χ3v) is 6.82. The normalized spacial score (nSPS) is 17.3. The van der Waals surface area contributed by atoms with Gasteiger partial charge in [-0.15, -0.1) is 0 Å². The zero-order valence-electron chi connectivity index (χ0n) is 16.0. The minimum atomic E-state index is -0.491. The fraction of sp³-hybridized carbons (Fsp3) is 0.905. The Bertz CT molecular complexity index is 339. The molecule has 0 heterocycles. The van der Waals surface area contributed by atoms with Crippen LogP contribution in [0.5, 0.6) is 0 Å². The lowest BCUT2D eigenvalue weighted by atomic mass is 9.98.